The minimum absolute atomic E-state index is 0.733. The molecule has 1 aliphatic rings. The highest BCUT2D eigenvalue weighted by Crippen LogP contribution is 2.29. The molecule has 1 unspecified atom stereocenters. The van der Waals surface area contributed by atoms with E-state index in [1.807, 2.05) is 0 Å². The van der Waals surface area contributed by atoms with Crippen LogP contribution in [0.4, 0.5) is 0 Å². The lowest BCUT2D eigenvalue weighted by atomic mass is 9.88. The van der Waals surface area contributed by atoms with Crippen molar-refractivity contribution in [1.29, 1.82) is 0 Å². The van der Waals surface area contributed by atoms with E-state index in [1.54, 1.807) is 0 Å². The number of hydrogen-bond donors (Lipinski definition) is 0. The van der Waals surface area contributed by atoms with Crippen molar-refractivity contribution >= 4 is 0 Å². The standard InChI is InChI=1S/C11H23N/c1-8(2)11-7-12(9(3)4)6-10(11)5/h8-11H,6-7H2,1-5H3/t10-,11?/m1/s1. The van der Waals surface area contributed by atoms with Crippen LogP contribution in [-0.4, -0.2) is 24.0 Å². The third kappa shape index (κ3) is 2.01. The molecule has 0 aromatic heterocycles. The van der Waals surface area contributed by atoms with Gasteiger partial charge in [-0.1, -0.05) is 20.8 Å². The predicted octanol–water partition coefficient (Wildman–Crippen LogP) is 2.62. The molecule has 0 saturated carbocycles. The monoisotopic (exact) mass is 169 g/mol. The van der Waals surface area contributed by atoms with Crippen molar-refractivity contribution in [1.82, 2.24) is 4.90 Å². The second kappa shape index (κ2) is 3.78. The molecule has 0 aromatic carbocycles. The maximum atomic E-state index is 2.61. The Balaban J connectivity index is 2.50. The Labute approximate surface area is 77.1 Å². The van der Waals surface area contributed by atoms with Gasteiger partial charge in [0.1, 0.15) is 0 Å². The van der Waals surface area contributed by atoms with Gasteiger partial charge in [-0.2, -0.15) is 0 Å². The van der Waals surface area contributed by atoms with Gasteiger partial charge in [-0.15, -0.1) is 0 Å². The van der Waals surface area contributed by atoms with Gasteiger partial charge in [0, 0.05) is 19.1 Å². The minimum Gasteiger partial charge on any atom is -0.300 e. The van der Waals surface area contributed by atoms with Gasteiger partial charge < -0.3 is 4.90 Å². The zero-order valence-corrected chi connectivity index (χ0v) is 9.17. The van der Waals surface area contributed by atoms with Crippen LogP contribution in [0.1, 0.15) is 34.6 Å². The zero-order valence-electron chi connectivity index (χ0n) is 9.17. The topological polar surface area (TPSA) is 3.24 Å². The second-order valence-electron chi connectivity index (χ2n) is 4.93. The van der Waals surface area contributed by atoms with Crippen LogP contribution >= 0.6 is 0 Å². The molecule has 0 radical (unpaired) electrons. The van der Waals surface area contributed by atoms with E-state index in [4.69, 9.17) is 0 Å². The van der Waals surface area contributed by atoms with E-state index in [2.05, 4.69) is 39.5 Å². The molecule has 0 amide bonds. The van der Waals surface area contributed by atoms with E-state index < -0.39 is 0 Å². The van der Waals surface area contributed by atoms with Crippen LogP contribution in [-0.2, 0) is 0 Å². The van der Waals surface area contributed by atoms with E-state index in [9.17, 15) is 0 Å². The van der Waals surface area contributed by atoms with Gasteiger partial charge >= 0.3 is 0 Å². The molecule has 0 spiro atoms. The predicted molar refractivity (Wildman–Crippen MR) is 54.2 cm³/mol. The number of hydrogen-bond acceptors (Lipinski definition) is 1. The van der Waals surface area contributed by atoms with Crippen LogP contribution in [0.15, 0.2) is 0 Å². The van der Waals surface area contributed by atoms with Crippen molar-refractivity contribution in [2.45, 2.75) is 40.7 Å². The van der Waals surface area contributed by atoms with Crippen molar-refractivity contribution in [3.8, 4) is 0 Å². The van der Waals surface area contributed by atoms with Crippen LogP contribution in [0, 0.1) is 17.8 Å². The fraction of sp³-hybridized carbons (Fsp3) is 1.00. The first kappa shape index (κ1) is 10.0. The van der Waals surface area contributed by atoms with Crippen LogP contribution in [0.3, 0.4) is 0 Å². The van der Waals surface area contributed by atoms with Crippen molar-refractivity contribution in [3.05, 3.63) is 0 Å². The smallest absolute Gasteiger partial charge is 0.00388 e. The Kier molecular flexibility index (Phi) is 3.16. The van der Waals surface area contributed by atoms with E-state index in [1.165, 1.54) is 13.1 Å². The van der Waals surface area contributed by atoms with Crippen LogP contribution in [0.25, 0.3) is 0 Å². The van der Waals surface area contributed by atoms with Gasteiger partial charge in [0.15, 0.2) is 0 Å². The third-order valence-corrected chi connectivity index (χ3v) is 3.29. The van der Waals surface area contributed by atoms with Gasteiger partial charge in [-0.05, 0) is 31.6 Å². The summed E-state index contributed by atoms with van der Waals surface area (Å²) in [7, 11) is 0. The number of likely N-dealkylation sites (tertiary alicyclic amines) is 1. The van der Waals surface area contributed by atoms with Crippen LogP contribution in [0.5, 0.6) is 0 Å². The molecule has 12 heavy (non-hydrogen) atoms. The quantitative estimate of drug-likeness (QED) is 0.614. The molecule has 1 rings (SSSR count). The summed E-state index contributed by atoms with van der Waals surface area (Å²) >= 11 is 0. The normalized spacial score (nSPS) is 32.2. The third-order valence-electron chi connectivity index (χ3n) is 3.29. The van der Waals surface area contributed by atoms with Gasteiger partial charge in [0.25, 0.3) is 0 Å². The molecular formula is C11H23N. The summed E-state index contributed by atoms with van der Waals surface area (Å²) < 4.78 is 0. The Morgan fingerprint density at radius 2 is 1.67 bits per heavy atom. The summed E-state index contributed by atoms with van der Waals surface area (Å²) in [4.78, 5) is 2.61. The van der Waals surface area contributed by atoms with E-state index in [0.717, 1.165) is 23.8 Å². The van der Waals surface area contributed by atoms with Crippen LogP contribution < -0.4 is 0 Å². The summed E-state index contributed by atoms with van der Waals surface area (Å²) in [5.41, 5.74) is 0. The molecule has 0 aromatic rings. The first-order valence-electron chi connectivity index (χ1n) is 5.26. The Bertz CT molecular complexity index is 140. The highest BCUT2D eigenvalue weighted by Gasteiger charge is 2.32. The minimum atomic E-state index is 0.733. The highest BCUT2D eigenvalue weighted by molar-refractivity contribution is 4.84. The SMILES string of the molecule is CC(C)C1CN(C(C)C)C[C@H]1C. The summed E-state index contributed by atoms with van der Waals surface area (Å²) in [6.45, 7) is 14.3. The highest BCUT2D eigenvalue weighted by atomic mass is 15.2. The van der Waals surface area contributed by atoms with Crippen molar-refractivity contribution < 1.29 is 0 Å². The average Bonchev–Trinajstić information content (AvgIpc) is 2.30. The molecule has 1 aliphatic heterocycles. The van der Waals surface area contributed by atoms with E-state index in [0.29, 0.717) is 0 Å². The molecule has 2 atom stereocenters. The molecular weight excluding hydrogens is 146 g/mol. The van der Waals surface area contributed by atoms with Crippen molar-refractivity contribution in [2.75, 3.05) is 13.1 Å². The molecule has 1 heteroatoms. The van der Waals surface area contributed by atoms with Gasteiger partial charge in [0.2, 0.25) is 0 Å². The summed E-state index contributed by atoms with van der Waals surface area (Å²) in [5, 5.41) is 0. The number of nitrogens with zero attached hydrogens (tertiary/aromatic N) is 1. The lowest BCUT2D eigenvalue weighted by molar-refractivity contribution is 0.253. The van der Waals surface area contributed by atoms with Gasteiger partial charge in [0.05, 0.1) is 0 Å². The van der Waals surface area contributed by atoms with Crippen molar-refractivity contribution in [2.24, 2.45) is 17.8 Å². The largest absolute Gasteiger partial charge is 0.300 e. The summed E-state index contributed by atoms with van der Waals surface area (Å²) in [6, 6.07) is 0.733. The lowest BCUT2D eigenvalue weighted by Gasteiger charge is -2.21. The molecule has 0 N–H and O–H groups in total. The van der Waals surface area contributed by atoms with Crippen LogP contribution in [0.2, 0.25) is 0 Å². The molecule has 1 saturated heterocycles. The maximum Gasteiger partial charge on any atom is 0.00388 e. The molecule has 1 nitrogen and oxygen atoms in total. The lowest BCUT2D eigenvalue weighted by Crippen LogP contribution is -2.28. The molecule has 0 aliphatic carbocycles. The fourth-order valence-corrected chi connectivity index (χ4v) is 2.32. The van der Waals surface area contributed by atoms with Gasteiger partial charge in [-0.25, -0.2) is 0 Å². The number of rotatable bonds is 2. The van der Waals surface area contributed by atoms with Crippen molar-refractivity contribution in [3.63, 3.8) is 0 Å². The summed E-state index contributed by atoms with van der Waals surface area (Å²) in [5.74, 6) is 2.67. The van der Waals surface area contributed by atoms with Gasteiger partial charge in [-0.3, -0.25) is 0 Å². The molecule has 1 fully saturated rings. The summed E-state index contributed by atoms with van der Waals surface area (Å²) in [6.07, 6.45) is 0. The Hall–Kier alpha value is -0.0400. The maximum absolute atomic E-state index is 2.61. The molecule has 0 bridgehead atoms. The Morgan fingerprint density at radius 3 is 1.92 bits per heavy atom. The fourth-order valence-electron chi connectivity index (χ4n) is 2.32. The first-order valence-corrected chi connectivity index (χ1v) is 5.26. The first-order chi connectivity index (χ1) is 5.52. The zero-order chi connectivity index (χ0) is 9.30. The second-order valence-corrected chi connectivity index (χ2v) is 4.93. The van der Waals surface area contributed by atoms with E-state index in [-0.39, 0.29) is 0 Å². The average molecular weight is 169 g/mol. The molecule has 1 heterocycles. The van der Waals surface area contributed by atoms with E-state index >= 15 is 0 Å². The molecule has 72 valence electrons. The Morgan fingerprint density at radius 1 is 1.08 bits per heavy atom.